The second-order valence-corrected chi connectivity index (χ2v) is 8.38. The number of aliphatic hydroxyl groups excluding tert-OH is 1. The Hall–Kier alpha value is -2.59. The fourth-order valence-corrected chi connectivity index (χ4v) is 4.28. The Balaban J connectivity index is 1.54. The number of nitrogens with one attached hydrogen (secondary N) is 1. The van der Waals surface area contributed by atoms with E-state index in [1.54, 1.807) is 16.7 Å². The predicted octanol–water partition coefficient (Wildman–Crippen LogP) is 4.27. The van der Waals surface area contributed by atoms with E-state index < -0.39 is 23.8 Å². The first-order valence-electron chi connectivity index (χ1n) is 10.3. The summed E-state index contributed by atoms with van der Waals surface area (Å²) in [4.78, 5) is 24.6. The van der Waals surface area contributed by atoms with Crippen molar-refractivity contribution in [1.82, 2.24) is 19.8 Å². The van der Waals surface area contributed by atoms with Crippen LogP contribution in [0.25, 0.3) is 0 Å². The summed E-state index contributed by atoms with van der Waals surface area (Å²) in [5, 5.41) is 12.7. The first-order valence-corrected chi connectivity index (χ1v) is 10.7. The van der Waals surface area contributed by atoms with Crippen molar-refractivity contribution in [2.24, 2.45) is 0 Å². The molecule has 11 heteroatoms. The van der Waals surface area contributed by atoms with Gasteiger partial charge in [-0.25, -0.2) is 27.9 Å². The van der Waals surface area contributed by atoms with Gasteiger partial charge in [0.15, 0.2) is 0 Å². The molecular formula is C21H23ClF3N5O2. The van der Waals surface area contributed by atoms with Gasteiger partial charge in [-0.05, 0) is 31.4 Å². The molecule has 1 atom stereocenters. The molecule has 2 aliphatic rings. The Morgan fingerprint density at radius 1 is 1.19 bits per heavy atom. The molecule has 172 valence electrons. The number of carbonyl (C=O) groups excluding carboxylic acids is 1. The van der Waals surface area contributed by atoms with Crippen molar-refractivity contribution < 1.29 is 23.1 Å². The number of rotatable bonds is 4. The van der Waals surface area contributed by atoms with E-state index in [2.05, 4.69) is 15.3 Å². The van der Waals surface area contributed by atoms with Gasteiger partial charge in [-0.1, -0.05) is 18.2 Å². The van der Waals surface area contributed by atoms with Crippen LogP contribution in [0.3, 0.4) is 0 Å². The summed E-state index contributed by atoms with van der Waals surface area (Å²) in [5.41, 5.74) is 0.638. The predicted molar refractivity (Wildman–Crippen MR) is 112 cm³/mol. The minimum Gasteiger partial charge on any atom is -0.393 e. The van der Waals surface area contributed by atoms with Crippen molar-refractivity contribution in [1.29, 1.82) is 0 Å². The average molecular weight is 470 g/mol. The highest BCUT2D eigenvalue weighted by molar-refractivity contribution is 6.28. The molecule has 0 saturated carbocycles. The largest absolute Gasteiger partial charge is 0.393 e. The molecule has 7 nitrogen and oxygen atoms in total. The number of aliphatic hydroxyl groups is 1. The Kier molecular flexibility index (Phi) is 6.43. The van der Waals surface area contributed by atoms with Gasteiger partial charge in [0.05, 0.1) is 36.5 Å². The van der Waals surface area contributed by atoms with Crippen LogP contribution in [0.5, 0.6) is 0 Å². The maximum absolute atomic E-state index is 14.6. The number of halogens is 4. The second-order valence-electron chi connectivity index (χ2n) is 8.04. The number of anilines is 1. The van der Waals surface area contributed by atoms with E-state index in [1.807, 2.05) is 0 Å². The van der Waals surface area contributed by atoms with E-state index in [0.717, 1.165) is 6.07 Å². The fourth-order valence-electron chi connectivity index (χ4n) is 4.09. The summed E-state index contributed by atoms with van der Waals surface area (Å²) in [6, 6.07) is 3.02. The third-order valence-electron chi connectivity index (χ3n) is 5.87. The summed E-state index contributed by atoms with van der Waals surface area (Å²) in [6.45, 7) is 3.06. The van der Waals surface area contributed by atoms with E-state index in [0.29, 0.717) is 43.0 Å². The van der Waals surface area contributed by atoms with Crippen LogP contribution < -0.4 is 5.32 Å². The van der Waals surface area contributed by atoms with Crippen molar-refractivity contribution in [3.05, 3.63) is 51.7 Å². The molecule has 1 saturated heterocycles. The third kappa shape index (κ3) is 4.47. The molecule has 0 spiro atoms. The van der Waals surface area contributed by atoms with Gasteiger partial charge in [0.1, 0.15) is 11.6 Å². The summed E-state index contributed by atoms with van der Waals surface area (Å²) >= 11 is 6.07. The molecule has 0 unspecified atom stereocenters. The van der Waals surface area contributed by atoms with Crippen molar-refractivity contribution in [3.63, 3.8) is 0 Å². The third-order valence-corrected chi connectivity index (χ3v) is 6.04. The van der Waals surface area contributed by atoms with Crippen molar-refractivity contribution in [2.75, 3.05) is 18.4 Å². The number of carbonyl (C=O) groups is 1. The summed E-state index contributed by atoms with van der Waals surface area (Å²) in [7, 11) is 0. The molecule has 1 aromatic carbocycles. The second kappa shape index (κ2) is 9.11. The minimum absolute atomic E-state index is 0.0318. The normalized spacial score (nSPS) is 17.6. The molecule has 0 aliphatic carbocycles. The lowest BCUT2D eigenvalue weighted by Crippen LogP contribution is -2.45. The van der Waals surface area contributed by atoms with Crippen molar-refractivity contribution in [2.45, 2.75) is 51.4 Å². The fraction of sp³-hybridized carbons (Fsp3) is 0.476. The van der Waals surface area contributed by atoms with Crippen LogP contribution in [-0.2, 0) is 13.1 Å². The highest BCUT2D eigenvalue weighted by Crippen LogP contribution is 2.33. The van der Waals surface area contributed by atoms with Crippen LogP contribution in [0.2, 0.25) is 5.28 Å². The summed E-state index contributed by atoms with van der Waals surface area (Å²) in [6.07, 6.45) is -2.24. The van der Waals surface area contributed by atoms with Gasteiger partial charge in [-0.3, -0.25) is 0 Å². The van der Waals surface area contributed by atoms with Gasteiger partial charge in [0.25, 0.3) is 6.43 Å². The minimum atomic E-state index is -2.92. The van der Waals surface area contributed by atoms with Gasteiger partial charge in [0, 0.05) is 24.2 Å². The number of urea groups is 1. The molecule has 0 radical (unpaired) electrons. The zero-order valence-electron chi connectivity index (χ0n) is 17.4. The molecule has 2 N–H and O–H groups in total. The lowest BCUT2D eigenvalue weighted by molar-refractivity contribution is 0.0808. The van der Waals surface area contributed by atoms with Gasteiger partial charge >= 0.3 is 6.03 Å². The SMILES string of the molecule is C[C@@H](Nc1nc(Cl)nc2c1CN(C(=O)N1CCC(O)CC1)C2)c1cccc(C(F)F)c1F. The molecule has 1 aromatic heterocycles. The number of aromatic nitrogens is 2. The molecule has 2 aromatic rings. The number of hydrogen-bond acceptors (Lipinski definition) is 5. The zero-order valence-corrected chi connectivity index (χ0v) is 18.1. The molecule has 2 aliphatic heterocycles. The maximum atomic E-state index is 14.6. The number of fused-ring (bicyclic) bond motifs is 1. The van der Waals surface area contributed by atoms with E-state index in [9.17, 15) is 23.1 Å². The molecule has 2 amide bonds. The number of piperidine rings is 1. The standard InChI is InChI=1S/C21H23ClF3N5O2/c1-11(13-3-2-4-14(17(13)23)18(24)25)26-19-15-9-30(10-16(15)27-20(22)28-19)21(32)29-7-5-12(31)6-8-29/h2-4,11-12,18,31H,5-10H2,1H3,(H,26,27,28)/t11-/m1/s1. The van der Waals surface area contributed by atoms with Gasteiger partial charge in [0.2, 0.25) is 5.28 Å². The topological polar surface area (TPSA) is 81.6 Å². The first-order chi connectivity index (χ1) is 15.2. The van der Waals surface area contributed by atoms with Crippen LogP contribution in [0, 0.1) is 5.82 Å². The smallest absolute Gasteiger partial charge is 0.320 e. The Bertz CT molecular complexity index is 1020. The molecule has 1 fully saturated rings. The monoisotopic (exact) mass is 469 g/mol. The van der Waals surface area contributed by atoms with Gasteiger partial charge in [-0.15, -0.1) is 0 Å². The van der Waals surface area contributed by atoms with Crippen LogP contribution in [0.15, 0.2) is 18.2 Å². The van der Waals surface area contributed by atoms with Crippen LogP contribution >= 0.6 is 11.6 Å². The number of amides is 2. The molecular weight excluding hydrogens is 447 g/mol. The van der Waals surface area contributed by atoms with E-state index in [1.165, 1.54) is 12.1 Å². The van der Waals surface area contributed by atoms with Crippen LogP contribution in [0.4, 0.5) is 23.8 Å². The molecule has 3 heterocycles. The van der Waals surface area contributed by atoms with Crippen LogP contribution in [0.1, 0.15) is 54.6 Å². The number of hydrogen-bond donors (Lipinski definition) is 2. The first kappa shape index (κ1) is 22.6. The number of nitrogens with zero attached hydrogens (tertiary/aromatic N) is 4. The summed E-state index contributed by atoms with van der Waals surface area (Å²) < 4.78 is 40.7. The highest BCUT2D eigenvalue weighted by Gasteiger charge is 2.33. The van der Waals surface area contributed by atoms with Crippen molar-refractivity contribution in [3.8, 4) is 0 Å². The van der Waals surface area contributed by atoms with E-state index in [-0.39, 0.29) is 36.1 Å². The maximum Gasteiger partial charge on any atom is 0.320 e. The number of likely N-dealkylation sites (tertiary alicyclic amines) is 1. The lowest BCUT2D eigenvalue weighted by atomic mass is 10.0. The quantitative estimate of drug-likeness (QED) is 0.653. The van der Waals surface area contributed by atoms with E-state index >= 15 is 0 Å². The van der Waals surface area contributed by atoms with E-state index in [4.69, 9.17) is 11.6 Å². The average Bonchev–Trinajstić information content (AvgIpc) is 3.17. The lowest BCUT2D eigenvalue weighted by Gasteiger charge is -2.32. The number of alkyl halides is 2. The highest BCUT2D eigenvalue weighted by atomic mass is 35.5. The van der Waals surface area contributed by atoms with Crippen molar-refractivity contribution >= 4 is 23.4 Å². The van der Waals surface area contributed by atoms with Gasteiger partial charge in [-0.2, -0.15) is 0 Å². The number of benzene rings is 1. The summed E-state index contributed by atoms with van der Waals surface area (Å²) in [5.74, 6) is -0.637. The molecule has 4 rings (SSSR count). The Morgan fingerprint density at radius 3 is 2.56 bits per heavy atom. The molecule has 0 bridgehead atoms. The zero-order chi connectivity index (χ0) is 23.0. The Morgan fingerprint density at radius 2 is 1.88 bits per heavy atom. The van der Waals surface area contributed by atoms with Gasteiger partial charge < -0.3 is 20.2 Å². The molecule has 32 heavy (non-hydrogen) atoms. The van der Waals surface area contributed by atoms with Crippen LogP contribution in [-0.4, -0.2) is 50.1 Å². The Labute approximate surface area is 188 Å².